The van der Waals surface area contributed by atoms with Crippen molar-refractivity contribution in [1.82, 2.24) is 14.6 Å². The molecule has 188 valence electrons. The van der Waals surface area contributed by atoms with Crippen LogP contribution in [-0.2, 0) is 17.8 Å². The van der Waals surface area contributed by atoms with E-state index in [-0.39, 0.29) is 12.5 Å². The molecule has 1 atom stereocenters. The van der Waals surface area contributed by atoms with Gasteiger partial charge in [-0.1, -0.05) is 62.4 Å². The van der Waals surface area contributed by atoms with E-state index in [1.165, 1.54) is 6.42 Å². The molecular weight excluding hydrogens is 462 g/mol. The molecule has 4 rings (SSSR count). The summed E-state index contributed by atoms with van der Waals surface area (Å²) in [5.41, 5.74) is 4.58. The lowest BCUT2D eigenvalue weighted by Crippen LogP contribution is -2.27. The summed E-state index contributed by atoms with van der Waals surface area (Å²) in [6.07, 6.45) is 7.49. The zero-order valence-electron chi connectivity index (χ0n) is 20.8. The molecule has 0 spiro atoms. The number of aryl methyl sites for hydroxylation is 1. The number of carbonyl (C=O) groups excluding carboxylic acids is 1. The van der Waals surface area contributed by atoms with Crippen LogP contribution in [0.3, 0.4) is 0 Å². The van der Waals surface area contributed by atoms with E-state index >= 15 is 0 Å². The number of amides is 1. The zero-order chi connectivity index (χ0) is 24.9. The minimum Gasteiger partial charge on any atom is -0.437 e. The van der Waals surface area contributed by atoms with Crippen LogP contribution >= 0.6 is 0 Å². The molecule has 2 heterocycles. The van der Waals surface area contributed by atoms with Gasteiger partial charge < -0.3 is 9.73 Å². The maximum atomic E-state index is 12.9. The van der Waals surface area contributed by atoms with Crippen LogP contribution in [0.5, 0.6) is 0 Å². The number of nitrogens with one attached hydrogen (secondary N) is 1. The summed E-state index contributed by atoms with van der Waals surface area (Å²) >= 11 is -2.09. The number of aromatic nitrogens is 1. The van der Waals surface area contributed by atoms with E-state index in [9.17, 15) is 13.6 Å². The maximum Gasteiger partial charge on any atom is 0.255 e. The number of pyridine rings is 1. The molecular formula is C27H35N3O4S. The lowest BCUT2D eigenvalue weighted by atomic mass is 10.0. The summed E-state index contributed by atoms with van der Waals surface area (Å²) in [5.74, 6) is 0.626. The number of hydrogen-bond acceptors (Lipinski definition) is 4. The molecule has 1 amide bonds. The molecule has 0 bridgehead atoms. The second-order valence-corrected chi connectivity index (χ2v) is 10.4. The van der Waals surface area contributed by atoms with Crippen LogP contribution < -0.4 is 5.32 Å². The van der Waals surface area contributed by atoms with Crippen molar-refractivity contribution >= 4 is 28.3 Å². The molecule has 8 heteroatoms. The Labute approximate surface area is 209 Å². The van der Waals surface area contributed by atoms with Gasteiger partial charge in [-0.05, 0) is 43.7 Å². The first-order valence-electron chi connectivity index (χ1n) is 12.5. The number of carbonyl (C=O) groups is 1. The van der Waals surface area contributed by atoms with Crippen LogP contribution in [0.1, 0.15) is 85.0 Å². The normalized spacial score (nSPS) is 14.5. The molecule has 0 saturated heterocycles. The number of benzene rings is 1. The molecule has 0 aliphatic heterocycles. The lowest BCUT2D eigenvalue weighted by molar-refractivity contribution is 0.0964. The van der Waals surface area contributed by atoms with Gasteiger partial charge in [-0.3, -0.25) is 9.35 Å². The molecule has 3 aromatic rings. The van der Waals surface area contributed by atoms with Gasteiger partial charge in [0.05, 0.1) is 23.2 Å². The van der Waals surface area contributed by atoms with Crippen LogP contribution in [0, 0.1) is 6.92 Å². The van der Waals surface area contributed by atoms with Gasteiger partial charge >= 0.3 is 0 Å². The zero-order valence-corrected chi connectivity index (χ0v) is 21.6. The summed E-state index contributed by atoms with van der Waals surface area (Å²) in [5, 5.41) is 3.42. The molecule has 2 N–H and O–H groups in total. The van der Waals surface area contributed by atoms with Crippen molar-refractivity contribution in [2.45, 2.75) is 71.3 Å². The molecule has 1 aromatic carbocycles. The van der Waals surface area contributed by atoms with Crippen LogP contribution in [0.25, 0.3) is 22.4 Å². The van der Waals surface area contributed by atoms with Crippen LogP contribution in [0.15, 0.2) is 34.7 Å². The van der Waals surface area contributed by atoms with Gasteiger partial charge in [0.25, 0.3) is 5.91 Å². The minimum atomic E-state index is -2.09. The van der Waals surface area contributed by atoms with Crippen molar-refractivity contribution in [2.24, 2.45) is 0 Å². The number of unbranched alkanes of at least 4 members (excludes halogenated alkanes) is 4. The molecule has 7 nitrogen and oxygen atoms in total. The Balaban J connectivity index is 1.72. The highest BCUT2D eigenvalue weighted by molar-refractivity contribution is 7.76. The Hall–Kier alpha value is -2.55. The predicted molar refractivity (Wildman–Crippen MR) is 139 cm³/mol. The van der Waals surface area contributed by atoms with Gasteiger partial charge in [-0.25, -0.2) is 9.19 Å². The topological polar surface area (TPSA) is 95.7 Å². The van der Waals surface area contributed by atoms with Crippen molar-refractivity contribution in [3.8, 4) is 11.3 Å². The number of rotatable bonds is 12. The van der Waals surface area contributed by atoms with E-state index in [1.807, 2.05) is 37.3 Å². The van der Waals surface area contributed by atoms with Crippen molar-refractivity contribution in [3.05, 3.63) is 52.7 Å². The molecule has 1 saturated carbocycles. The molecule has 1 aliphatic rings. The summed E-state index contributed by atoms with van der Waals surface area (Å²) in [6, 6.07) is 9.87. The first kappa shape index (κ1) is 25.5. The van der Waals surface area contributed by atoms with Gasteiger partial charge in [0, 0.05) is 19.2 Å². The van der Waals surface area contributed by atoms with E-state index in [2.05, 4.69) is 12.2 Å². The predicted octanol–water partition coefficient (Wildman–Crippen LogP) is 5.95. The van der Waals surface area contributed by atoms with E-state index in [0.717, 1.165) is 60.9 Å². The van der Waals surface area contributed by atoms with Crippen molar-refractivity contribution in [2.75, 3.05) is 13.6 Å². The first-order chi connectivity index (χ1) is 16.9. The maximum absolute atomic E-state index is 12.9. The smallest absolute Gasteiger partial charge is 0.255 e. The average Bonchev–Trinajstić information content (AvgIpc) is 3.63. The number of fused-ring (bicyclic) bond motifs is 1. The summed E-state index contributed by atoms with van der Waals surface area (Å²) in [4.78, 5) is 17.7. The van der Waals surface area contributed by atoms with Crippen molar-refractivity contribution < 1.29 is 18.0 Å². The van der Waals surface area contributed by atoms with E-state index < -0.39 is 11.3 Å². The van der Waals surface area contributed by atoms with Crippen LogP contribution in [-0.4, -0.2) is 37.6 Å². The average molecular weight is 498 g/mol. The summed E-state index contributed by atoms with van der Waals surface area (Å²) < 4.78 is 29.8. The Morgan fingerprint density at radius 1 is 1.20 bits per heavy atom. The van der Waals surface area contributed by atoms with Gasteiger partial charge in [0.2, 0.25) is 17.0 Å². The van der Waals surface area contributed by atoms with Gasteiger partial charge in [0.1, 0.15) is 5.76 Å². The quantitative estimate of drug-likeness (QED) is 0.238. The molecule has 35 heavy (non-hydrogen) atoms. The third-order valence-corrected chi connectivity index (χ3v) is 7.39. The van der Waals surface area contributed by atoms with Gasteiger partial charge in [0.15, 0.2) is 0 Å². The standard InChI is InChI=1S/C27H35N3O4S/c1-4-5-6-7-8-15-30(35(32)33)17-23-21(19-13-14-19)16-22-24(26(31)28-3)25(34-27(22)29-23)20-11-9-18(2)10-12-20/h9-12,16,19H,4-8,13-15,17H2,1-3H3,(H,28,31)(H,32,33). The molecule has 1 fully saturated rings. The summed E-state index contributed by atoms with van der Waals surface area (Å²) in [6.45, 7) is 4.99. The third-order valence-electron chi connectivity index (χ3n) is 6.64. The molecule has 2 aromatic heterocycles. The first-order valence-corrected chi connectivity index (χ1v) is 13.6. The van der Waals surface area contributed by atoms with Crippen molar-refractivity contribution in [1.29, 1.82) is 0 Å². The molecule has 1 aliphatic carbocycles. The molecule has 0 radical (unpaired) electrons. The fourth-order valence-electron chi connectivity index (χ4n) is 4.48. The third kappa shape index (κ3) is 6.00. The number of nitrogens with zero attached hydrogens (tertiary/aromatic N) is 2. The SMILES string of the molecule is CCCCCCCN(Cc1nc2oc(-c3ccc(C)cc3)c(C(=O)NC)c2cc1C1CC1)S(=O)O. The Kier molecular flexibility index (Phi) is 8.36. The summed E-state index contributed by atoms with van der Waals surface area (Å²) in [7, 11) is 1.61. The second kappa shape index (κ2) is 11.5. The fourth-order valence-corrected chi connectivity index (χ4v) is 5.00. The monoisotopic (exact) mass is 497 g/mol. The van der Waals surface area contributed by atoms with E-state index in [1.54, 1.807) is 11.4 Å². The highest BCUT2D eigenvalue weighted by Crippen LogP contribution is 2.44. The van der Waals surface area contributed by atoms with E-state index in [0.29, 0.717) is 34.9 Å². The Bertz CT molecular complexity index is 1200. The largest absolute Gasteiger partial charge is 0.437 e. The second-order valence-electron chi connectivity index (χ2n) is 9.41. The lowest BCUT2D eigenvalue weighted by Gasteiger charge is -2.19. The fraction of sp³-hybridized carbons (Fsp3) is 0.481. The Morgan fingerprint density at radius 2 is 1.91 bits per heavy atom. The minimum absolute atomic E-state index is 0.221. The van der Waals surface area contributed by atoms with Gasteiger partial charge in [-0.15, -0.1) is 0 Å². The van der Waals surface area contributed by atoms with Crippen LogP contribution in [0.2, 0.25) is 0 Å². The van der Waals surface area contributed by atoms with Crippen molar-refractivity contribution in [3.63, 3.8) is 0 Å². The highest BCUT2D eigenvalue weighted by Gasteiger charge is 2.31. The number of hydrogen-bond donors (Lipinski definition) is 2. The van der Waals surface area contributed by atoms with E-state index in [4.69, 9.17) is 9.40 Å². The van der Waals surface area contributed by atoms with Crippen LogP contribution in [0.4, 0.5) is 0 Å². The highest BCUT2D eigenvalue weighted by atomic mass is 32.2. The number of furan rings is 1. The molecule has 1 unspecified atom stereocenters. The Morgan fingerprint density at radius 3 is 2.54 bits per heavy atom. The van der Waals surface area contributed by atoms with Gasteiger partial charge in [-0.2, -0.15) is 4.31 Å².